The molecule has 160 valence electrons. The summed E-state index contributed by atoms with van der Waals surface area (Å²) in [4.78, 5) is 26.5. The zero-order chi connectivity index (χ0) is 22.1. The lowest BCUT2D eigenvalue weighted by Crippen LogP contribution is -2.34. The highest BCUT2D eigenvalue weighted by atomic mass is 32.2. The molecule has 8 nitrogen and oxygen atoms in total. The summed E-state index contributed by atoms with van der Waals surface area (Å²) in [7, 11) is -1.93. The van der Waals surface area contributed by atoms with Crippen molar-refractivity contribution in [1.82, 2.24) is 4.90 Å². The molecule has 0 aromatic heterocycles. The number of sulfone groups is 1. The molecular formula is C21H24N2O6S. The fourth-order valence-electron chi connectivity index (χ4n) is 3.66. The van der Waals surface area contributed by atoms with Gasteiger partial charge >= 0.3 is 0 Å². The monoisotopic (exact) mass is 432 g/mol. The van der Waals surface area contributed by atoms with Crippen LogP contribution in [0.2, 0.25) is 0 Å². The van der Waals surface area contributed by atoms with Crippen LogP contribution >= 0.6 is 0 Å². The second-order valence-corrected chi connectivity index (χ2v) is 9.27. The number of ether oxygens (including phenoxy) is 2. The lowest BCUT2D eigenvalue weighted by Gasteiger charge is -2.28. The van der Waals surface area contributed by atoms with Crippen LogP contribution in [-0.4, -0.2) is 50.9 Å². The number of carbonyl (C=O) groups is 2. The van der Waals surface area contributed by atoms with Gasteiger partial charge in [0.25, 0.3) is 5.91 Å². The largest absolute Gasteiger partial charge is 0.493 e. The summed E-state index contributed by atoms with van der Waals surface area (Å²) in [5.41, 5.74) is 7.01. The molecule has 0 aliphatic carbocycles. The molecule has 2 aromatic carbocycles. The van der Waals surface area contributed by atoms with Crippen LogP contribution in [0.3, 0.4) is 0 Å². The van der Waals surface area contributed by atoms with Crippen LogP contribution in [0.4, 0.5) is 0 Å². The average Bonchev–Trinajstić information content (AvgIpc) is 3.02. The van der Waals surface area contributed by atoms with Crippen LogP contribution < -0.4 is 15.2 Å². The minimum absolute atomic E-state index is 0.128. The molecule has 0 unspecified atom stereocenters. The van der Waals surface area contributed by atoms with E-state index < -0.39 is 27.7 Å². The van der Waals surface area contributed by atoms with E-state index in [1.165, 1.54) is 18.1 Å². The molecule has 0 saturated carbocycles. The SMILES string of the molecule is CCOc1cc([C@H](CS(C)(=O)=O)N2Cc3cccc(C(N)=O)c3C2=O)ccc1OC. The van der Waals surface area contributed by atoms with E-state index in [-0.39, 0.29) is 23.4 Å². The van der Waals surface area contributed by atoms with Gasteiger partial charge in [-0.3, -0.25) is 9.59 Å². The standard InChI is InChI=1S/C21H24N2O6S/c1-4-29-18-10-13(8-9-17(18)28-2)16(12-30(3,26)27)23-11-14-6-5-7-15(20(22)24)19(14)21(23)25/h5-10,16H,4,11-12H2,1-3H3,(H2,22,24)/t16-/m0/s1. The molecule has 1 heterocycles. The molecule has 2 N–H and O–H groups in total. The van der Waals surface area contributed by atoms with Gasteiger partial charge in [-0.1, -0.05) is 18.2 Å². The third-order valence-electron chi connectivity index (χ3n) is 4.94. The first-order chi connectivity index (χ1) is 14.2. The normalized spacial score (nSPS) is 14.4. The van der Waals surface area contributed by atoms with Crippen molar-refractivity contribution in [2.75, 3.05) is 25.7 Å². The first-order valence-electron chi connectivity index (χ1n) is 9.37. The van der Waals surface area contributed by atoms with E-state index in [0.717, 1.165) is 6.26 Å². The fourth-order valence-corrected chi connectivity index (χ4v) is 4.61. The van der Waals surface area contributed by atoms with Gasteiger partial charge < -0.3 is 20.1 Å². The Morgan fingerprint density at radius 2 is 1.97 bits per heavy atom. The van der Waals surface area contributed by atoms with Crippen molar-refractivity contribution in [3.8, 4) is 11.5 Å². The van der Waals surface area contributed by atoms with E-state index in [2.05, 4.69) is 0 Å². The van der Waals surface area contributed by atoms with Crippen molar-refractivity contribution in [2.45, 2.75) is 19.5 Å². The predicted molar refractivity (Wildman–Crippen MR) is 111 cm³/mol. The summed E-state index contributed by atoms with van der Waals surface area (Å²) in [5.74, 6) is -0.452. The first-order valence-corrected chi connectivity index (χ1v) is 11.4. The second kappa shape index (κ2) is 8.35. The Bertz CT molecular complexity index is 1100. The number of methoxy groups -OCH3 is 1. The highest BCUT2D eigenvalue weighted by Gasteiger charge is 2.37. The number of amides is 2. The van der Waals surface area contributed by atoms with Crippen molar-refractivity contribution in [1.29, 1.82) is 0 Å². The van der Waals surface area contributed by atoms with E-state index in [0.29, 0.717) is 29.2 Å². The maximum Gasteiger partial charge on any atom is 0.255 e. The Hall–Kier alpha value is -3.07. The van der Waals surface area contributed by atoms with Crippen molar-refractivity contribution in [2.24, 2.45) is 5.73 Å². The lowest BCUT2D eigenvalue weighted by atomic mass is 10.0. The molecule has 1 aliphatic heterocycles. The van der Waals surface area contributed by atoms with Gasteiger partial charge in [0.05, 0.1) is 36.6 Å². The van der Waals surface area contributed by atoms with E-state index in [1.54, 1.807) is 30.3 Å². The van der Waals surface area contributed by atoms with Crippen LogP contribution in [-0.2, 0) is 16.4 Å². The van der Waals surface area contributed by atoms with Gasteiger partial charge in [0.2, 0.25) is 5.91 Å². The summed E-state index contributed by atoms with van der Waals surface area (Å²) < 4.78 is 35.3. The van der Waals surface area contributed by atoms with E-state index in [4.69, 9.17) is 15.2 Å². The van der Waals surface area contributed by atoms with E-state index in [9.17, 15) is 18.0 Å². The zero-order valence-electron chi connectivity index (χ0n) is 17.0. The Morgan fingerprint density at radius 3 is 2.57 bits per heavy atom. The van der Waals surface area contributed by atoms with Gasteiger partial charge in [-0.25, -0.2) is 8.42 Å². The highest BCUT2D eigenvalue weighted by molar-refractivity contribution is 7.90. The molecule has 0 radical (unpaired) electrons. The molecule has 1 aliphatic rings. The number of rotatable bonds is 8. The molecule has 0 spiro atoms. The van der Waals surface area contributed by atoms with Crippen molar-refractivity contribution >= 4 is 21.7 Å². The molecule has 0 saturated heterocycles. The Morgan fingerprint density at radius 1 is 1.23 bits per heavy atom. The van der Waals surface area contributed by atoms with Gasteiger partial charge in [0, 0.05) is 12.8 Å². The number of fused-ring (bicyclic) bond motifs is 1. The minimum atomic E-state index is -3.44. The summed E-state index contributed by atoms with van der Waals surface area (Å²) in [5, 5.41) is 0. The second-order valence-electron chi connectivity index (χ2n) is 7.09. The molecule has 9 heteroatoms. The average molecular weight is 432 g/mol. The maximum atomic E-state index is 13.2. The van der Waals surface area contributed by atoms with Crippen molar-refractivity contribution < 1.29 is 27.5 Å². The van der Waals surface area contributed by atoms with E-state index >= 15 is 0 Å². The van der Waals surface area contributed by atoms with E-state index in [1.807, 2.05) is 6.92 Å². The lowest BCUT2D eigenvalue weighted by molar-refractivity contribution is 0.0714. The fraction of sp³-hybridized carbons (Fsp3) is 0.333. The Balaban J connectivity index is 2.08. The Labute approximate surface area is 175 Å². The topological polar surface area (TPSA) is 116 Å². The number of carbonyl (C=O) groups excluding carboxylic acids is 2. The number of hydrogen-bond donors (Lipinski definition) is 1. The first kappa shape index (κ1) is 21.6. The van der Waals surface area contributed by atoms with Crippen LogP contribution in [0.1, 0.15) is 44.8 Å². The van der Waals surface area contributed by atoms with Crippen LogP contribution in [0.15, 0.2) is 36.4 Å². The molecule has 2 amide bonds. The number of primary amides is 1. The number of nitrogens with zero attached hydrogens (tertiary/aromatic N) is 1. The molecule has 30 heavy (non-hydrogen) atoms. The predicted octanol–water partition coefficient (Wildman–Crippen LogP) is 1.93. The van der Waals surface area contributed by atoms with Crippen molar-refractivity contribution in [3.63, 3.8) is 0 Å². The van der Waals surface area contributed by atoms with Crippen molar-refractivity contribution in [3.05, 3.63) is 58.7 Å². The van der Waals surface area contributed by atoms with Crippen LogP contribution in [0, 0.1) is 0 Å². The van der Waals surface area contributed by atoms with Gasteiger partial charge in [-0.15, -0.1) is 0 Å². The van der Waals surface area contributed by atoms with Crippen LogP contribution in [0.5, 0.6) is 11.5 Å². The quantitative estimate of drug-likeness (QED) is 0.681. The molecule has 2 aromatic rings. The zero-order valence-corrected chi connectivity index (χ0v) is 17.9. The third kappa shape index (κ3) is 4.25. The Kier molecular flexibility index (Phi) is 6.02. The minimum Gasteiger partial charge on any atom is -0.493 e. The number of benzene rings is 2. The molecule has 1 atom stereocenters. The smallest absolute Gasteiger partial charge is 0.255 e. The van der Waals surface area contributed by atoms with Gasteiger partial charge in [0.1, 0.15) is 9.84 Å². The molecule has 0 fully saturated rings. The third-order valence-corrected chi connectivity index (χ3v) is 5.86. The van der Waals surface area contributed by atoms with Gasteiger partial charge in [0.15, 0.2) is 11.5 Å². The number of nitrogens with two attached hydrogens (primary N) is 1. The summed E-state index contributed by atoms with van der Waals surface area (Å²) in [6, 6.07) is 9.18. The highest BCUT2D eigenvalue weighted by Crippen LogP contribution is 2.37. The van der Waals surface area contributed by atoms with Gasteiger partial charge in [-0.2, -0.15) is 0 Å². The summed E-state index contributed by atoms with van der Waals surface area (Å²) >= 11 is 0. The number of hydrogen-bond acceptors (Lipinski definition) is 6. The summed E-state index contributed by atoms with van der Waals surface area (Å²) in [6.07, 6.45) is 1.12. The molecule has 3 rings (SSSR count). The van der Waals surface area contributed by atoms with Gasteiger partial charge in [-0.05, 0) is 36.2 Å². The molecular weight excluding hydrogens is 408 g/mol. The maximum absolute atomic E-state index is 13.2. The van der Waals surface area contributed by atoms with Crippen LogP contribution in [0.25, 0.3) is 0 Å². The molecule has 0 bridgehead atoms. The summed E-state index contributed by atoms with van der Waals surface area (Å²) in [6.45, 7) is 2.39.